The van der Waals surface area contributed by atoms with Crippen molar-refractivity contribution in [2.45, 2.75) is 51.7 Å². The van der Waals surface area contributed by atoms with Crippen LogP contribution in [0, 0.1) is 12.8 Å². The maximum atomic E-state index is 13.2. The number of hydrogen-bond donors (Lipinski definition) is 0. The van der Waals surface area contributed by atoms with E-state index < -0.39 is 0 Å². The van der Waals surface area contributed by atoms with E-state index in [1.165, 1.54) is 0 Å². The van der Waals surface area contributed by atoms with Crippen molar-refractivity contribution >= 4 is 5.91 Å². The highest BCUT2D eigenvalue weighted by molar-refractivity contribution is 5.81. The van der Waals surface area contributed by atoms with Crippen LogP contribution in [0.3, 0.4) is 0 Å². The van der Waals surface area contributed by atoms with Crippen molar-refractivity contribution in [2.75, 3.05) is 13.2 Å². The predicted octanol–water partition coefficient (Wildman–Crippen LogP) is 4.51. The van der Waals surface area contributed by atoms with Crippen LogP contribution in [0.25, 0.3) is 11.3 Å². The van der Waals surface area contributed by atoms with Gasteiger partial charge in [-0.2, -0.15) is 0 Å². The third kappa shape index (κ3) is 4.20. The summed E-state index contributed by atoms with van der Waals surface area (Å²) < 4.78 is 11.2. The van der Waals surface area contributed by atoms with Gasteiger partial charge in [-0.05, 0) is 44.9 Å². The Morgan fingerprint density at radius 1 is 1.21 bits per heavy atom. The van der Waals surface area contributed by atoms with E-state index in [2.05, 4.69) is 17.3 Å². The summed E-state index contributed by atoms with van der Waals surface area (Å²) in [7, 11) is 0. The van der Waals surface area contributed by atoms with Gasteiger partial charge in [0, 0.05) is 24.3 Å². The van der Waals surface area contributed by atoms with Gasteiger partial charge in [-0.3, -0.25) is 4.79 Å². The molecular formula is C23H28N2O3. The molecule has 1 fully saturated rings. The lowest BCUT2D eigenvalue weighted by molar-refractivity contribution is -0.142. The van der Waals surface area contributed by atoms with E-state index in [9.17, 15) is 4.79 Å². The van der Waals surface area contributed by atoms with E-state index in [0.29, 0.717) is 19.1 Å². The molecule has 1 aliphatic carbocycles. The lowest BCUT2D eigenvalue weighted by Gasteiger charge is -2.30. The van der Waals surface area contributed by atoms with Crippen molar-refractivity contribution in [1.29, 1.82) is 0 Å². The minimum Gasteiger partial charge on any atom is -0.368 e. The highest BCUT2D eigenvalue weighted by atomic mass is 16.5. The van der Waals surface area contributed by atoms with Gasteiger partial charge in [0.15, 0.2) is 0 Å². The third-order valence-corrected chi connectivity index (χ3v) is 5.75. The van der Waals surface area contributed by atoms with E-state index >= 15 is 0 Å². The van der Waals surface area contributed by atoms with Crippen molar-refractivity contribution < 1.29 is 14.1 Å². The summed E-state index contributed by atoms with van der Waals surface area (Å²) in [5.41, 5.74) is 2.83. The fraction of sp³-hybridized carbons (Fsp3) is 0.478. The van der Waals surface area contributed by atoms with Gasteiger partial charge >= 0.3 is 0 Å². The fourth-order valence-electron chi connectivity index (χ4n) is 4.13. The molecule has 0 unspecified atom stereocenters. The predicted molar refractivity (Wildman–Crippen MR) is 108 cm³/mol. The van der Waals surface area contributed by atoms with Crippen LogP contribution in [0.4, 0.5) is 0 Å². The lowest BCUT2D eigenvalue weighted by atomic mass is 9.93. The molecule has 0 spiro atoms. The van der Waals surface area contributed by atoms with Gasteiger partial charge in [0.2, 0.25) is 0 Å². The highest BCUT2D eigenvalue weighted by Gasteiger charge is 2.31. The van der Waals surface area contributed by atoms with E-state index in [0.717, 1.165) is 61.2 Å². The second-order valence-electron chi connectivity index (χ2n) is 7.80. The molecule has 0 radical (unpaired) electrons. The molecule has 0 bridgehead atoms. The van der Waals surface area contributed by atoms with Crippen LogP contribution in [-0.4, -0.2) is 35.2 Å². The average molecular weight is 380 g/mol. The van der Waals surface area contributed by atoms with E-state index in [4.69, 9.17) is 9.26 Å². The monoisotopic (exact) mass is 380 g/mol. The van der Waals surface area contributed by atoms with Gasteiger partial charge in [-0.15, -0.1) is 0 Å². The molecule has 1 amide bonds. The fourth-order valence-corrected chi connectivity index (χ4v) is 4.13. The normalized spacial score (nSPS) is 21.8. The first-order valence-electron chi connectivity index (χ1n) is 10.3. The molecular weight excluding hydrogens is 352 g/mol. The quantitative estimate of drug-likeness (QED) is 0.692. The number of rotatable bonds is 6. The highest BCUT2D eigenvalue weighted by Crippen LogP contribution is 2.29. The number of ether oxygens (including phenoxy) is 1. The Morgan fingerprint density at radius 2 is 2.07 bits per heavy atom. The summed E-state index contributed by atoms with van der Waals surface area (Å²) in [5, 5.41) is 4.29. The summed E-state index contributed by atoms with van der Waals surface area (Å²) in [6.07, 6.45) is 9.19. The van der Waals surface area contributed by atoms with Crippen molar-refractivity contribution in [2.24, 2.45) is 5.92 Å². The van der Waals surface area contributed by atoms with Crippen LogP contribution in [0.2, 0.25) is 0 Å². The Kier molecular flexibility index (Phi) is 5.91. The summed E-state index contributed by atoms with van der Waals surface area (Å²) in [6, 6.07) is 10.0. The van der Waals surface area contributed by atoms with Crippen LogP contribution < -0.4 is 0 Å². The molecule has 5 heteroatoms. The van der Waals surface area contributed by atoms with Crippen LogP contribution >= 0.6 is 0 Å². The topological polar surface area (TPSA) is 55.6 Å². The average Bonchev–Trinajstić information content (AvgIpc) is 3.39. The molecule has 0 saturated carbocycles. The van der Waals surface area contributed by atoms with Gasteiger partial charge in [0.1, 0.15) is 17.6 Å². The first-order valence-corrected chi connectivity index (χ1v) is 10.3. The Hall–Kier alpha value is -2.40. The summed E-state index contributed by atoms with van der Waals surface area (Å²) >= 11 is 0. The SMILES string of the molecule is Cc1onc(-c2ccccc2)c1CN(C[C@@H]1CC=CCC1)C(=O)[C@@H]1CCCO1. The van der Waals surface area contributed by atoms with Crippen molar-refractivity contribution in [3.63, 3.8) is 0 Å². The molecule has 1 saturated heterocycles. The molecule has 5 nitrogen and oxygen atoms in total. The Bertz CT molecular complexity index is 822. The minimum absolute atomic E-state index is 0.103. The van der Waals surface area contributed by atoms with Gasteiger partial charge in [0.25, 0.3) is 5.91 Å². The number of carbonyl (C=O) groups is 1. The lowest BCUT2D eigenvalue weighted by Crippen LogP contribution is -2.41. The minimum atomic E-state index is -0.306. The standard InChI is InChI=1S/C23H28N2O3/c1-17-20(22(24-28-17)19-11-6-3-7-12-19)16-25(15-18-9-4-2-5-10-18)23(26)21-13-8-14-27-21/h2-4,6-7,11-12,18,21H,5,8-10,13-16H2,1H3/t18-,21+/m1/s1. The smallest absolute Gasteiger partial charge is 0.252 e. The molecule has 1 aliphatic heterocycles. The second-order valence-corrected chi connectivity index (χ2v) is 7.80. The van der Waals surface area contributed by atoms with Gasteiger partial charge in [-0.25, -0.2) is 0 Å². The molecule has 0 N–H and O–H groups in total. The van der Waals surface area contributed by atoms with Crippen LogP contribution in [0.1, 0.15) is 43.4 Å². The second kappa shape index (κ2) is 8.74. The van der Waals surface area contributed by atoms with Crippen molar-refractivity contribution in [3.8, 4) is 11.3 Å². The van der Waals surface area contributed by atoms with Crippen LogP contribution in [-0.2, 0) is 16.1 Å². The maximum Gasteiger partial charge on any atom is 0.252 e. The zero-order valence-electron chi connectivity index (χ0n) is 16.5. The zero-order chi connectivity index (χ0) is 19.3. The third-order valence-electron chi connectivity index (χ3n) is 5.75. The Labute approximate surface area is 166 Å². The van der Waals surface area contributed by atoms with Crippen LogP contribution in [0.5, 0.6) is 0 Å². The maximum absolute atomic E-state index is 13.2. The number of carbonyl (C=O) groups excluding carboxylic acids is 1. The molecule has 1 aromatic carbocycles. The number of nitrogens with zero attached hydrogens (tertiary/aromatic N) is 2. The number of aryl methyl sites for hydroxylation is 1. The number of aromatic nitrogens is 1. The molecule has 2 aromatic rings. The van der Waals surface area contributed by atoms with Gasteiger partial charge < -0.3 is 14.2 Å². The Morgan fingerprint density at radius 3 is 2.79 bits per heavy atom. The van der Waals surface area contributed by atoms with E-state index in [-0.39, 0.29) is 12.0 Å². The Balaban J connectivity index is 1.59. The number of allylic oxidation sites excluding steroid dienone is 2. The first-order chi connectivity index (χ1) is 13.7. The molecule has 1 aromatic heterocycles. The van der Waals surface area contributed by atoms with Crippen molar-refractivity contribution in [1.82, 2.24) is 10.1 Å². The first kappa shape index (κ1) is 18.9. The molecule has 28 heavy (non-hydrogen) atoms. The number of benzene rings is 1. The molecule has 2 atom stereocenters. The zero-order valence-corrected chi connectivity index (χ0v) is 16.5. The summed E-state index contributed by atoms with van der Waals surface area (Å²) in [4.78, 5) is 15.2. The van der Waals surface area contributed by atoms with Crippen molar-refractivity contribution in [3.05, 3.63) is 53.8 Å². The summed E-state index contributed by atoms with van der Waals surface area (Å²) in [6.45, 7) is 3.87. The van der Waals surface area contributed by atoms with E-state index in [1.54, 1.807) is 0 Å². The molecule has 148 valence electrons. The number of hydrogen-bond acceptors (Lipinski definition) is 4. The number of amides is 1. The van der Waals surface area contributed by atoms with E-state index in [1.807, 2.05) is 42.2 Å². The summed E-state index contributed by atoms with van der Waals surface area (Å²) in [5.74, 6) is 1.37. The molecule has 2 aliphatic rings. The largest absolute Gasteiger partial charge is 0.368 e. The van der Waals surface area contributed by atoms with Crippen LogP contribution in [0.15, 0.2) is 47.0 Å². The van der Waals surface area contributed by atoms with Gasteiger partial charge in [-0.1, -0.05) is 47.6 Å². The molecule has 4 rings (SSSR count). The molecule has 2 heterocycles. The van der Waals surface area contributed by atoms with Gasteiger partial charge in [0.05, 0.1) is 6.54 Å².